The predicted octanol–water partition coefficient (Wildman–Crippen LogP) is 1.95. The molecule has 1 saturated heterocycles. The van der Waals surface area contributed by atoms with Crippen molar-refractivity contribution in [3.8, 4) is 0 Å². The van der Waals surface area contributed by atoms with Gasteiger partial charge in [-0.1, -0.05) is 11.8 Å². The molecule has 1 fully saturated rings. The van der Waals surface area contributed by atoms with Crippen LogP contribution in [0.1, 0.15) is 25.0 Å². The second kappa shape index (κ2) is 4.70. The van der Waals surface area contributed by atoms with Crippen LogP contribution in [0, 0.1) is 6.92 Å². The minimum atomic E-state index is 0.524. The number of hydrogen-bond donors (Lipinski definition) is 1. The summed E-state index contributed by atoms with van der Waals surface area (Å²) in [6.07, 6.45) is 2.92. The van der Waals surface area contributed by atoms with E-state index in [4.69, 9.17) is 4.42 Å². The van der Waals surface area contributed by atoms with Crippen molar-refractivity contribution in [3.63, 3.8) is 0 Å². The van der Waals surface area contributed by atoms with Crippen LogP contribution < -0.4 is 5.32 Å². The van der Waals surface area contributed by atoms with Crippen molar-refractivity contribution in [2.75, 3.05) is 5.75 Å². The van der Waals surface area contributed by atoms with Gasteiger partial charge in [-0.05, 0) is 20.3 Å². The SMILES string of the molecule is Cc1cnc(CN=C2NC(C)CCS2)o1. The molecule has 0 saturated carbocycles. The lowest BCUT2D eigenvalue weighted by Gasteiger charge is -2.21. The lowest BCUT2D eigenvalue weighted by molar-refractivity contribution is 0.474. The van der Waals surface area contributed by atoms with Crippen LogP contribution in [0.15, 0.2) is 15.6 Å². The summed E-state index contributed by atoms with van der Waals surface area (Å²) < 4.78 is 5.35. The van der Waals surface area contributed by atoms with E-state index in [0.29, 0.717) is 18.5 Å². The van der Waals surface area contributed by atoms with E-state index in [2.05, 4.69) is 22.2 Å². The molecule has 15 heavy (non-hydrogen) atoms. The molecule has 1 atom stereocenters. The third-order valence-electron chi connectivity index (χ3n) is 2.19. The molecule has 0 aromatic carbocycles. The molecule has 1 aromatic heterocycles. The van der Waals surface area contributed by atoms with Gasteiger partial charge >= 0.3 is 0 Å². The molecule has 0 radical (unpaired) electrons. The number of oxazole rings is 1. The molecular formula is C10H15N3OS. The van der Waals surface area contributed by atoms with Crippen molar-refractivity contribution >= 4 is 16.9 Å². The number of rotatable bonds is 2. The van der Waals surface area contributed by atoms with Gasteiger partial charge in [-0.15, -0.1) is 0 Å². The minimum Gasteiger partial charge on any atom is -0.444 e. The number of hydrogen-bond acceptors (Lipinski definition) is 4. The smallest absolute Gasteiger partial charge is 0.216 e. The molecule has 1 aliphatic heterocycles. The summed E-state index contributed by atoms with van der Waals surface area (Å²) in [4.78, 5) is 8.54. The van der Waals surface area contributed by atoms with Gasteiger partial charge in [-0.3, -0.25) is 4.99 Å². The molecule has 1 aliphatic rings. The lowest BCUT2D eigenvalue weighted by atomic mass is 10.3. The van der Waals surface area contributed by atoms with E-state index in [1.165, 1.54) is 6.42 Å². The molecule has 2 heterocycles. The molecule has 4 nitrogen and oxygen atoms in total. The summed E-state index contributed by atoms with van der Waals surface area (Å²) in [5.74, 6) is 2.65. The third kappa shape index (κ3) is 2.99. The van der Waals surface area contributed by atoms with Crippen LogP contribution in [0.25, 0.3) is 0 Å². The Morgan fingerprint density at radius 1 is 1.73 bits per heavy atom. The van der Waals surface area contributed by atoms with Crippen LogP contribution in [0.4, 0.5) is 0 Å². The molecule has 0 aliphatic carbocycles. The van der Waals surface area contributed by atoms with E-state index >= 15 is 0 Å². The van der Waals surface area contributed by atoms with Crippen molar-refractivity contribution in [2.45, 2.75) is 32.9 Å². The topological polar surface area (TPSA) is 50.4 Å². The fourth-order valence-electron chi connectivity index (χ4n) is 1.36. The maximum atomic E-state index is 5.35. The fraction of sp³-hybridized carbons (Fsp3) is 0.600. The first-order valence-electron chi connectivity index (χ1n) is 5.09. The maximum absolute atomic E-state index is 5.35. The van der Waals surface area contributed by atoms with Gasteiger partial charge in [-0.2, -0.15) is 0 Å². The molecule has 0 amide bonds. The van der Waals surface area contributed by atoms with Gasteiger partial charge in [0.25, 0.3) is 0 Å². The largest absolute Gasteiger partial charge is 0.444 e. The molecule has 1 aromatic rings. The van der Waals surface area contributed by atoms with Gasteiger partial charge in [0.2, 0.25) is 5.89 Å². The summed E-state index contributed by atoms with van der Waals surface area (Å²) in [6.45, 7) is 4.58. The number of aliphatic imine (C=N–C) groups is 1. The number of aromatic nitrogens is 1. The number of nitrogens with one attached hydrogen (secondary N) is 1. The Kier molecular flexibility index (Phi) is 3.30. The highest BCUT2D eigenvalue weighted by Crippen LogP contribution is 2.14. The van der Waals surface area contributed by atoms with Gasteiger partial charge in [0.1, 0.15) is 12.3 Å². The van der Waals surface area contributed by atoms with Crippen molar-refractivity contribution in [1.82, 2.24) is 10.3 Å². The van der Waals surface area contributed by atoms with Crippen LogP contribution in [0.3, 0.4) is 0 Å². The zero-order chi connectivity index (χ0) is 10.7. The maximum Gasteiger partial charge on any atom is 0.216 e. The Hall–Kier alpha value is -0.970. The molecule has 0 spiro atoms. The standard InChI is InChI=1S/C10H15N3OS/c1-7-3-4-15-10(13-7)12-6-9-11-5-8(2)14-9/h5,7H,3-4,6H2,1-2H3,(H,12,13). The highest BCUT2D eigenvalue weighted by Gasteiger charge is 2.12. The van der Waals surface area contributed by atoms with Gasteiger partial charge in [0, 0.05) is 11.8 Å². The second-order valence-electron chi connectivity index (χ2n) is 3.67. The summed E-state index contributed by atoms with van der Waals surface area (Å²) >= 11 is 1.76. The highest BCUT2D eigenvalue weighted by atomic mass is 32.2. The van der Waals surface area contributed by atoms with Gasteiger partial charge in [-0.25, -0.2) is 4.98 Å². The Bertz CT molecular complexity index is 361. The normalized spacial score (nSPS) is 24.1. The third-order valence-corrected chi connectivity index (χ3v) is 3.15. The Balaban J connectivity index is 1.93. The first-order chi connectivity index (χ1) is 7.24. The summed E-state index contributed by atoms with van der Waals surface area (Å²) in [5.41, 5.74) is 0. The Morgan fingerprint density at radius 3 is 3.27 bits per heavy atom. The quantitative estimate of drug-likeness (QED) is 0.836. The average molecular weight is 225 g/mol. The average Bonchev–Trinajstić information content (AvgIpc) is 2.62. The van der Waals surface area contributed by atoms with E-state index < -0.39 is 0 Å². The number of nitrogens with zero attached hydrogens (tertiary/aromatic N) is 2. The number of amidine groups is 1. The number of thioether (sulfide) groups is 1. The zero-order valence-corrected chi connectivity index (χ0v) is 9.80. The first-order valence-corrected chi connectivity index (χ1v) is 6.07. The second-order valence-corrected chi connectivity index (χ2v) is 4.75. The molecule has 2 rings (SSSR count). The van der Waals surface area contributed by atoms with Crippen molar-refractivity contribution < 1.29 is 4.42 Å². The van der Waals surface area contributed by atoms with Gasteiger partial charge in [0.05, 0.1) is 6.20 Å². The molecule has 82 valence electrons. The summed E-state index contributed by atoms with van der Waals surface area (Å²) in [7, 11) is 0. The van der Waals surface area contributed by atoms with Crippen LogP contribution >= 0.6 is 11.8 Å². The van der Waals surface area contributed by atoms with Crippen molar-refractivity contribution in [2.24, 2.45) is 4.99 Å². The predicted molar refractivity (Wildman–Crippen MR) is 62.1 cm³/mol. The lowest BCUT2D eigenvalue weighted by Crippen LogP contribution is -2.35. The molecule has 0 bridgehead atoms. The van der Waals surface area contributed by atoms with E-state index in [1.807, 2.05) is 6.92 Å². The molecular weight excluding hydrogens is 210 g/mol. The van der Waals surface area contributed by atoms with Crippen LogP contribution in [-0.2, 0) is 6.54 Å². The fourth-order valence-corrected chi connectivity index (χ4v) is 2.47. The van der Waals surface area contributed by atoms with E-state index in [1.54, 1.807) is 18.0 Å². The molecule has 5 heteroatoms. The zero-order valence-electron chi connectivity index (χ0n) is 8.99. The molecule has 1 N–H and O–H groups in total. The highest BCUT2D eigenvalue weighted by molar-refractivity contribution is 8.13. The van der Waals surface area contributed by atoms with Crippen molar-refractivity contribution in [1.29, 1.82) is 0 Å². The van der Waals surface area contributed by atoms with Crippen LogP contribution in [0.5, 0.6) is 0 Å². The van der Waals surface area contributed by atoms with E-state index in [9.17, 15) is 0 Å². The Labute approximate surface area is 93.6 Å². The molecule has 1 unspecified atom stereocenters. The van der Waals surface area contributed by atoms with E-state index in [-0.39, 0.29) is 0 Å². The summed E-state index contributed by atoms with van der Waals surface area (Å²) in [6, 6.07) is 0.524. The van der Waals surface area contributed by atoms with Crippen molar-refractivity contribution in [3.05, 3.63) is 17.8 Å². The van der Waals surface area contributed by atoms with E-state index in [0.717, 1.165) is 16.7 Å². The minimum absolute atomic E-state index is 0.524. The Morgan fingerprint density at radius 2 is 2.60 bits per heavy atom. The van der Waals surface area contributed by atoms with Crippen LogP contribution in [-0.4, -0.2) is 21.9 Å². The number of aryl methyl sites for hydroxylation is 1. The first kappa shape index (κ1) is 10.5. The van der Waals surface area contributed by atoms with Crippen LogP contribution in [0.2, 0.25) is 0 Å². The summed E-state index contributed by atoms with van der Waals surface area (Å²) in [5, 5.41) is 4.34. The van der Waals surface area contributed by atoms with Gasteiger partial charge < -0.3 is 9.73 Å². The van der Waals surface area contributed by atoms with Gasteiger partial charge in [0.15, 0.2) is 5.17 Å². The monoisotopic (exact) mass is 225 g/mol.